The zero-order valence-corrected chi connectivity index (χ0v) is 60.4. The van der Waals surface area contributed by atoms with Gasteiger partial charge in [0.1, 0.15) is 57.5 Å². The highest BCUT2D eigenvalue weighted by Gasteiger charge is 2.45. The standard InChI is InChI=1S/C88H86O15/c1-57-54-83(3,4)56-88(55-57,67-30-34-69(94-13)35-31-67)68-32-52-78(53-33-68)103-82(93)102-77-50-28-66(29-51-77)87(11,12)65-26-48-76(49-27-65)101-81(92)100-75-46-24-64(25-47-75)86(9,10)63-22-44-74(45-23-63)99-80(91)98-73-42-20-62(21-43-73)85(7,8)61-18-40-72(41-19-61)97-79(90)96-71-38-16-60(17-39-71)84(5,6)59-14-36-70(37-15-59)95-58(2)89/h14-53,57H,54-56H2,1-13H3. The van der Waals surface area contributed by atoms with E-state index in [0.29, 0.717) is 57.7 Å². The summed E-state index contributed by atoms with van der Waals surface area (Å²) in [5, 5.41) is 0. The lowest BCUT2D eigenvalue weighted by molar-refractivity contribution is -0.131. The van der Waals surface area contributed by atoms with Crippen molar-refractivity contribution in [3.8, 4) is 57.5 Å². The molecule has 2 unspecified atom stereocenters. The van der Waals surface area contributed by atoms with Gasteiger partial charge in [0.2, 0.25) is 0 Å². The predicted octanol–water partition coefficient (Wildman–Crippen LogP) is 21.4. The van der Waals surface area contributed by atoms with Crippen molar-refractivity contribution >= 4 is 30.6 Å². The van der Waals surface area contributed by atoms with E-state index in [9.17, 15) is 24.0 Å². The second kappa shape index (κ2) is 30.0. The van der Waals surface area contributed by atoms with Gasteiger partial charge in [0, 0.05) is 34.0 Å². The van der Waals surface area contributed by atoms with Gasteiger partial charge in [-0.1, -0.05) is 197 Å². The highest BCUT2D eigenvalue weighted by atomic mass is 16.7. The Hall–Kier alpha value is -11.5. The molecule has 0 spiro atoms. The summed E-state index contributed by atoms with van der Waals surface area (Å²) in [4.78, 5) is 63.4. The van der Waals surface area contributed by atoms with E-state index in [2.05, 4.69) is 100 Å². The number of esters is 1. The summed E-state index contributed by atoms with van der Waals surface area (Å²) in [5.41, 5.74) is 8.18. The zero-order valence-electron chi connectivity index (χ0n) is 60.4. The van der Waals surface area contributed by atoms with Crippen LogP contribution in [0.25, 0.3) is 0 Å². The molecule has 0 amide bonds. The van der Waals surface area contributed by atoms with Gasteiger partial charge in [0.15, 0.2) is 0 Å². The Morgan fingerprint density at radius 2 is 0.476 bits per heavy atom. The number of ether oxygens (including phenoxy) is 10. The molecule has 1 aliphatic carbocycles. The van der Waals surface area contributed by atoms with E-state index >= 15 is 0 Å². The predicted molar refractivity (Wildman–Crippen MR) is 395 cm³/mol. The van der Waals surface area contributed by atoms with Gasteiger partial charge < -0.3 is 47.4 Å². The largest absolute Gasteiger partial charge is 0.519 e. The molecule has 15 nitrogen and oxygen atoms in total. The molecule has 0 N–H and O–H groups in total. The van der Waals surface area contributed by atoms with E-state index in [1.807, 2.05) is 121 Å². The van der Waals surface area contributed by atoms with Crippen molar-refractivity contribution in [3.63, 3.8) is 0 Å². The van der Waals surface area contributed by atoms with Crippen molar-refractivity contribution in [1.82, 2.24) is 0 Å². The number of methoxy groups -OCH3 is 1. The molecule has 0 heterocycles. The SMILES string of the molecule is COc1ccc(C2(c3ccc(OC(=O)Oc4ccc(C(C)(C)c5ccc(OC(=O)Oc6ccc(C(C)(C)c7ccc(OC(=O)Oc8ccc(C(C)(C)c9ccc(OC(=O)Oc%10ccc(C(C)(C)c%11ccc(OC(C)=O)cc%11)cc%10)cc9)cc8)cc7)cc6)cc5)cc4)cc3)CC(C)CC(C)(C)C2)cc1. The summed E-state index contributed by atoms with van der Waals surface area (Å²) in [5.74, 6) is 4.00. The molecule has 2 atom stereocenters. The average molecular weight is 1380 g/mol. The Bertz CT molecular complexity index is 4620. The fourth-order valence-electron chi connectivity index (χ4n) is 14.1. The van der Waals surface area contributed by atoms with Crippen molar-refractivity contribution in [3.05, 3.63) is 298 Å². The molecule has 1 saturated carbocycles. The Morgan fingerprint density at radius 1 is 0.291 bits per heavy atom. The van der Waals surface area contributed by atoms with E-state index in [0.717, 1.165) is 69.5 Å². The van der Waals surface area contributed by atoms with Crippen molar-refractivity contribution in [2.75, 3.05) is 7.11 Å². The summed E-state index contributed by atoms with van der Waals surface area (Å²) in [6.07, 6.45) is -0.364. The van der Waals surface area contributed by atoms with Crippen LogP contribution in [0.2, 0.25) is 0 Å². The van der Waals surface area contributed by atoms with Crippen LogP contribution >= 0.6 is 0 Å². The summed E-state index contributed by atoms with van der Waals surface area (Å²) < 4.78 is 55.3. The number of carbonyl (C=O) groups excluding carboxylic acids is 5. The van der Waals surface area contributed by atoms with Crippen LogP contribution in [0.15, 0.2) is 243 Å². The number of benzene rings is 10. The first kappa shape index (κ1) is 72.8. The third-order valence-corrected chi connectivity index (χ3v) is 19.9. The molecule has 0 saturated heterocycles. The minimum Gasteiger partial charge on any atom is -0.497 e. The Morgan fingerprint density at radius 3 is 0.660 bits per heavy atom. The molecule has 0 bridgehead atoms. The molecular formula is C88H86O15. The third-order valence-electron chi connectivity index (χ3n) is 19.9. The van der Waals surface area contributed by atoms with Crippen molar-refractivity contribution in [2.45, 2.75) is 129 Å². The number of hydrogen-bond donors (Lipinski definition) is 0. The lowest BCUT2D eigenvalue weighted by Crippen LogP contribution is -2.41. The third kappa shape index (κ3) is 17.3. The Balaban J connectivity index is 0.607. The minimum absolute atomic E-state index is 0.135. The lowest BCUT2D eigenvalue weighted by atomic mass is 9.55. The molecule has 10 aromatic carbocycles. The number of carbonyl (C=O) groups is 5. The smallest absolute Gasteiger partial charge is 0.497 e. The first-order chi connectivity index (χ1) is 49.0. The van der Waals surface area contributed by atoms with Crippen LogP contribution in [0.5, 0.6) is 57.5 Å². The normalized spacial score (nSPS) is 15.1. The van der Waals surface area contributed by atoms with Crippen LogP contribution in [0.1, 0.15) is 158 Å². The molecule has 528 valence electrons. The first-order valence-corrected chi connectivity index (χ1v) is 34.3. The molecule has 103 heavy (non-hydrogen) atoms. The quantitative estimate of drug-likeness (QED) is 0.0399. The monoisotopic (exact) mass is 1380 g/mol. The minimum atomic E-state index is -0.898. The summed E-state index contributed by atoms with van der Waals surface area (Å²) in [6, 6.07) is 73.9. The topological polar surface area (TPSA) is 178 Å². The Labute approximate surface area is 602 Å². The van der Waals surface area contributed by atoms with Gasteiger partial charge in [0.25, 0.3) is 0 Å². The fourth-order valence-corrected chi connectivity index (χ4v) is 14.1. The fraction of sp³-hybridized carbons (Fsp3) is 0.261. The van der Waals surface area contributed by atoms with E-state index in [4.69, 9.17) is 47.4 Å². The van der Waals surface area contributed by atoms with Crippen molar-refractivity contribution in [1.29, 1.82) is 0 Å². The molecule has 0 aliphatic heterocycles. The van der Waals surface area contributed by atoms with Crippen LogP contribution in [-0.4, -0.2) is 37.7 Å². The van der Waals surface area contributed by atoms with E-state index in [-0.39, 0.29) is 22.2 Å². The molecule has 11 rings (SSSR count). The van der Waals surface area contributed by atoms with Gasteiger partial charge in [-0.25, -0.2) is 19.2 Å². The zero-order chi connectivity index (χ0) is 73.5. The molecule has 15 heteroatoms. The maximum Gasteiger partial charge on any atom is 0.519 e. The van der Waals surface area contributed by atoms with Crippen LogP contribution in [0.4, 0.5) is 19.2 Å². The molecule has 1 aliphatic rings. The second-order valence-electron chi connectivity index (χ2n) is 29.3. The van der Waals surface area contributed by atoms with E-state index < -0.39 is 40.9 Å². The van der Waals surface area contributed by atoms with Gasteiger partial charge in [-0.3, -0.25) is 4.79 Å². The molecule has 0 radical (unpaired) electrons. The molecular weight excluding hydrogens is 1300 g/mol. The second-order valence-corrected chi connectivity index (χ2v) is 29.3. The summed E-state index contributed by atoms with van der Waals surface area (Å²) >= 11 is 0. The van der Waals surface area contributed by atoms with Crippen LogP contribution in [-0.2, 0) is 31.9 Å². The number of rotatable bonds is 20. The highest BCUT2D eigenvalue weighted by molar-refractivity contribution is 5.71. The highest BCUT2D eigenvalue weighted by Crippen LogP contribution is 2.54. The van der Waals surface area contributed by atoms with Crippen LogP contribution < -0.4 is 47.4 Å². The summed E-state index contributed by atoms with van der Waals surface area (Å²) in [7, 11) is 1.68. The van der Waals surface area contributed by atoms with Crippen molar-refractivity contribution in [2.24, 2.45) is 11.3 Å². The van der Waals surface area contributed by atoms with Gasteiger partial charge in [0.05, 0.1) is 7.11 Å². The van der Waals surface area contributed by atoms with Gasteiger partial charge in [-0.15, -0.1) is 0 Å². The summed E-state index contributed by atoms with van der Waals surface area (Å²) in [6.45, 7) is 24.9. The van der Waals surface area contributed by atoms with Crippen LogP contribution in [0, 0.1) is 11.3 Å². The van der Waals surface area contributed by atoms with Gasteiger partial charge in [-0.05, 0) is 208 Å². The average Bonchev–Trinajstić information content (AvgIpc) is 0.746. The van der Waals surface area contributed by atoms with E-state index in [1.54, 1.807) is 104 Å². The lowest BCUT2D eigenvalue weighted by Gasteiger charge is -2.48. The van der Waals surface area contributed by atoms with E-state index in [1.165, 1.54) is 18.1 Å². The van der Waals surface area contributed by atoms with Crippen LogP contribution in [0.3, 0.4) is 0 Å². The van der Waals surface area contributed by atoms with Crippen molar-refractivity contribution < 1.29 is 71.3 Å². The Kier molecular flexibility index (Phi) is 21.2. The first-order valence-electron chi connectivity index (χ1n) is 34.3. The van der Waals surface area contributed by atoms with Gasteiger partial charge >= 0.3 is 30.6 Å². The molecule has 10 aromatic rings. The maximum absolute atomic E-state index is 13.1. The maximum atomic E-state index is 13.1. The molecule has 0 aromatic heterocycles. The molecule has 1 fully saturated rings. The number of hydrogen-bond acceptors (Lipinski definition) is 15. The van der Waals surface area contributed by atoms with Gasteiger partial charge in [-0.2, -0.15) is 0 Å².